The Morgan fingerprint density at radius 3 is 2.73 bits per heavy atom. The highest BCUT2D eigenvalue weighted by atomic mass is 16.5. The van der Waals surface area contributed by atoms with E-state index in [1.807, 2.05) is 0 Å². The molecule has 0 aromatic carbocycles. The number of likely N-dealkylation sites (tertiary alicyclic amines) is 1. The van der Waals surface area contributed by atoms with Gasteiger partial charge in [0.2, 0.25) is 0 Å². The number of rotatable bonds is 5. The zero-order chi connectivity index (χ0) is 11.1. The van der Waals surface area contributed by atoms with Crippen molar-refractivity contribution in [1.29, 1.82) is 0 Å². The van der Waals surface area contributed by atoms with Crippen molar-refractivity contribution in [2.45, 2.75) is 31.9 Å². The summed E-state index contributed by atoms with van der Waals surface area (Å²) < 4.78 is 5.20. The fourth-order valence-corrected chi connectivity index (χ4v) is 1.84. The highest BCUT2D eigenvalue weighted by molar-refractivity contribution is 4.90. The van der Waals surface area contributed by atoms with Crippen molar-refractivity contribution in [1.82, 2.24) is 10.2 Å². The maximum absolute atomic E-state index is 5.29. The third-order valence-electron chi connectivity index (χ3n) is 3.00. The monoisotopic (exact) mass is 210 g/mol. The minimum absolute atomic E-state index is 0.300. The van der Waals surface area contributed by atoms with Crippen LogP contribution in [0.5, 0.6) is 0 Å². The third kappa shape index (κ3) is 4.65. The Morgan fingerprint density at radius 2 is 2.20 bits per heavy atom. The molecule has 1 aliphatic rings. The van der Waals surface area contributed by atoms with Crippen molar-refractivity contribution < 1.29 is 4.74 Å². The lowest BCUT2D eigenvalue weighted by molar-refractivity contribution is 0.109. The molecular weight excluding hydrogens is 188 g/mol. The van der Waals surface area contributed by atoms with Gasteiger partial charge in [0.05, 0.1) is 12.6 Å². The summed E-state index contributed by atoms with van der Waals surface area (Å²) in [6.07, 6.45) is 7.97. The number of nitrogens with one attached hydrogen (secondary N) is 1. The largest absolute Gasteiger partial charge is 0.380 e. The van der Waals surface area contributed by atoms with E-state index in [1.54, 1.807) is 7.11 Å². The van der Waals surface area contributed by atoms with Crippen LogP contribution in [-0.4, -0.2) is 50.3 Å². The molecule has 1 unspecified atom stereocenters. The smallest absolute Gasteiger partial charge is 0.0667 e. The first-order valence-corrected chi connectivity index (χ1v) is 5.68. The van der Waals surface area contributed by atoms with E-state index in [1.165, 1.54) is 12.8 Å². The van der Waals surface area contributed by atoms with Crippen LogP contribution in [0.15, 0.2) is 0 Å². The second-order valence-electron chi connectivity index (χ2n) is 4.21. The molecule has 15 heavy (non-hydrogen) atoms. The van der Waals surface area contributed by atoms with Crippen LogP contribution in [0.1, 0.15) is 19.8 Å². The highest BCUT2D eigenvalue weighted by Gasteiger charge is 2.18. The normalized spacial score (nSPS) is 21.1. The van der Waals surface area contributed by atoms with Gasteiger partial charge in [0.15, 0.2) is 0 Å². The first-order chi connectivity index (χ1) is 7.26. The fraction of sp³-hybridized carbons (Fsp3) is 0.833. The Labute approximate surface area is 93.2 Å². The number of nitrogens with zero attached hydrogens (tertiary/aromatic N) is 1. The molecule has 0 saturated carbocycles. The average Bonchev–Trinajstić information content (AvgIpc) is 2.28. The predicted molar refractivity (Wildman–Crippen MR) is 62.8 cm³/mol. The van der Waals surface area contributed by atoms with E-state index in [-0.39, 0.29) is 0 Å². The third-order valence-corrected chi connectivity index (χ3v) is 3.00. The van der Waals surface area contributed by atoms with E-state index in [2.05, 4.69) is 23.1 Å². The number of hydrogen-bond donors (Lipinski definition) is 1. The second-order valence-corrected chi connectivity index (χ2v) is 4.21. The van der Waals surface area contributed by atoms with Gasteiger partial charge >= 0.3 is 0 Å². The molecule has 3 nitrogen and oxygen atoms in total. The maximum atomic E-state index is 5.29. The van der Waals surface area contributed by atoms with Gasteiger partial charge in [0, 0.05) is 32.8 Å². The van der Waals surface area contributed by atoms with E-state index >= 15 is 0 Å². The summed E-state index contributed by atoms with van der Waals surface area (Å²) in [5.74, 6) is 2.70. The molecule has 1 N–H and O–H groups in total. The number of hydrogen-bond acceptors (Lipinski definition) is 3. The van der Waals surface area contributed by atoms with Crippen LogP contribution in [0.2, 0.25) is 0 Å². The molecule has 0 spiro atoms. The molecule has 1 saturated heterocycles. The SMILES string of the molecule is C#CCN1CCC(NCC(C)OC)CC1. The highest BCUT2D eigenvalue weighted by Crippen LogP contribution is 2.09. The second kappa shape index (κ2) is 6.84. The van der Waals surface area contributed by atoms with Crippen molar-refractivity contribution in [2.24, 2.45) is 0 Å². The summed E-state index contributed by atoms with van der Waals surface area (Å²) >= 11 is 0. The average molecular weight is 210 g/mol. The lowest BCUT2D eigenvalue weighted by Crippen LogP contribution is -2.44. The van der Waals surface area contributed by atoms with Gasteiger partial charge in [-0.2, -0.15) is 0 Å². The zero-order valence-electron chi connectivity index (χ0n) is 9.83. The number of terminal acetylenes is 1. The minimum Gasteiger partial charge on any atom is -0.380 e. The van der Waals surface area contributed by atoms with Crippen LogP contribution in [0.4, 0.5) is 0 Å². The number of ether oxygens (including phenoxy) is 1. The van der Waals surface area contributed by atoms with E-state index in [0.29, 0.717) is 12.1 Å². The molecule has 1 heterocycles. The summed E-state index contributed by atoms with van der Waals surface area (Å²) in [5, 5.41) is 3.53. The van der Waals surface area contributed by atoms with Gasteiger partial charge in [-0.1, -0.05) is 5.92 Å². The Kier molecular flexibility index (Phi) is 5.70. The predicted octanol–water partition coefficient (Wildman–Crippen LogP) is 0.708. The van der Waals surface area contributed by atoms with Crippen LogP contribution in [-0.2, 0) is 4.74 Å². The van der Waals surface area contributed by atoms with Crippen molar-refractivity contribution >= 4 is 0 Å². The molecule has 0 aromatic rings. The Morgan fingerprint density at radius 1 is 1.53 bits per heavy atom. The first-order valence-electron chi connectivity index (χ1n) is 5.68. The van der Waals surface area contributed by atoms with Crippen LogP contribution >= 0.6 is 0 Å². The Bertz CT molecular complexity index is 204. The molecule has 0 aliphatic carbocycles. The van der Waals surface area contributed by atoms with E-state index in [9.17, 15) is 0 Å². The maximum Gasteiger partial charge on any atom is 0.0667 e. The van der Waals surface area contributed by atoms with Crippen LogP contribution in [0, 0.1) is 12.3 Å². The summed E-state index contributed by atoms with van der Waals surface area (Å²) in [5.41, 5.74) is 0. The lowest BCUT2D eigenvalue weighted by Gasteiger charge is -2.31. The molecule has 0 amide bonds. The topological polar surface area (TPSA) is 24.5 Å². The van der Waals surface area contributed by atoms with E-state index in [4.69, 9.17) is 11.2 Å². The molecule has 0 radical (unpaired) electrons. The zero-order valence-corrected chi connectivity index (χ0v) is 9.83. The molecule has 1 fully saturated rings. The number of methoxy groups -OCH3 is 1. The van der Waals surface area contributed by atoms with Crippen molar-refractivity contribution in [3.05, 3.63) is 0 Å². The number of piperidine rings is 1. The Balaban J connectivity index is 2.12. The lowest BCUT2D eigenvalue weighted by atomic mass is 10.0. The molecule has 3 heteroatoms. The van der Waals surface area contributed by atoms with Crippen LogP contribution in [0.3, 0.4) is 0 Å². The van der Waals surface area contributed by atoms with Gasteiger partial charge in [-0.15, -0.1) is 6.42 Å². The van der Waals surface area contributed by atoms with Crippen molar-refractivity contribution in [3.8, 4) is 12.3 Å². The van der Waals surface area contributed by atoms with Crippen molar-refractivity contribution in [2.75, 3.05) is 33.3 Å². The van der Waals surface area contributed by atoms with Gasteiger partial charge in [-0.3, -0.25) is 4.90 Å². The molecule has 1 aliphatic heterocycles. The molecule has 0 bridgehead atoms. The van der Waals surface area contributed by atoms with Crippen molar-refractivity contribution in [3.63, 3.8) is 0 Å². The molecule has 1 rings (SSSR count). The summed E-state index contributed by atoms with van der Waals surface area (Å²) in [6.45, 7) is 6.05. The van der Waals surface area contributed by atoms with Crippen LogP contribution < -0.4 is 5.32 Å². The van der Waals surface area contributed by atoms with Crippen LogP contribution in [0.25, 0.3) is 0 Å². The minimum atomic E-state index is 0.300. The van der Waals surface area contributed by atoms with Gasteiger partial charge < -0.3 is 10.1 Å². The Hall–Kier alpha value is -0.560. The first kappa shape index (κ1) is 12.5. The molecule has 0 aromatic heterocycles. The molecular formula is C12H22N2O. The van der Waals surface area contributed by atoms with Gasteiger partial charge in [0.25, 0.3) is 0 Å². The molecule has 1 atom stereocenters. The summed E-state index contributed by atoms with van der Waals surface area (Å²) in [4.78, 5) is 2.33. The van der Waals surface area contributed by atoms with Gasteiger partial charge in [0.1, 0.15) is 0 Å². The summed E-state index contributed by atoms with van der Waals surface area (Å²) in [7, 11) is 1.75. The quantitative estimate of drug-likeness (QED) is 0.676. The molecule has 86 valence electrons. The standard InChI is InChI=1S/C12H22N2O/c1-4-7-14-8-5-12(6-9-14)13-10-11(2)15-3/h1,11-13H,5-10H2,2-3H3. The van der Waals surface area contributed by atoms with E-state index in [0.717, 1.165) is 26.2 Å². The van der Waals surface area contributed by atoms with Gasteiger partial charge in [-0.25, -0.2) is 0 Å². The fourth-order valence-electron chi connectivity index (χ4n) is 1.84. The van der Waals surface area contributed by atoms with E-state index < -0.39 is 0 Å². The van der Waals surface area contributed by atoms with Gasteiger partial charge in [-0.05, 0) is 19.8 Å². The summed E-state index contributed by atoms with van der Waals surface area (Å²) in [6, 6.07) is 0.636.